The fourth-order valence-corrected chi connectivity index (χ4v) is 2.66. The molecule has 3 amide bonds. The van der Waals surface area contributed by atoms with Crippen LogP contribution in [0, 0.1) is 0 Å². The number of nitrogens with one attached hydrogen (secondary N) is 1. The second-order valence-electron chi connectivity index (χ2n) is 5.70. The molecule has 0 fully saturated rings. The third-order valence-corrected chi connectivity index (χ3v) is 4.00. The monoisotopic (exact) mass is 323 g/mol. The summed E-state index contributed by atoms with van der Waals surface area (Å²) in [5, 5.41) is 2.50. The van der Waals surface area contributed by atoms with Crippen LogP contribution in [0.2, 0.25) is 0 Å². The van der Waals surface area contributed by atoms with E-state index in [9.17, 15) is 14.4 Å². The molecule has 0 radical (unpaired) electrons. The van der Waals surface area contributed by atoms with Crippen molar-refractivity contribution in [1.29, 1.82) is 0 Å². The highest BCUT2D eigenvalue weighted by molar-refractivity contribution is 6.34. The molecule has 0 saturated carbocycles. The molecule has 2 aromatic carbocycles. The second kappa shape index (κ2) is 5.81. The molecule has 1 heterocycles. The Labute approximate surface area is 139 Å². The summed E-state index contributed by atoms with van der Waals surface area (Å²) in [5.74, 6) is -1.10. The third kappa shape index (κ3) is 2.42. The Morgan fingerprint density at radius 1 is 0.958 bits per heavy atom. The van der Waals surface area contributed by atoms with Gasteiger partial charge in [0.25, 0.3) is 17.7 Å². The maximum Gasteiger partial charge on any atom is 0.266 e. The Bertz CT molecular complexity index is 841. The van der Waals surface area contributed by atoms with E-state index in [1.807, 2.05) is 31.1 Å². The molecule has 0 atom stereocenters. The zero-order valence-corrected chi connectivity index (χ0v) is 13.7. The van der Waals surface area contributed by atoms with Crippen LogP contribution >= 0.6 is 0 Å². The van der Waals surface area contributed by atoms with E-state index >= 15 is 0 Å². The molecule has 0 aliphatic carbocycles. The largest absolute Gasteiger partial charge is 0.378 e. The number of hydrogen-bond donors (Lipinski definition) is 1. The van der Waals surface area contributed by atoms with Crippen molar-refractivity contribution in [3.8, 4) is 0 Å². The number of fused-ring (bicyclic) bond motifs is 1. The maximum atomic E-state index is 12.7. The van der Waals surface area contributed by atoms with Crippen molar-refractivity contribution < 1.29 is 14.4 Å². The summed E-state index contributed by atoms with van der Waals surface area (Å²) in [6.07, 6.45) is 0. The van der Waals surface area contributed by atoms with Crippen LogP contribution in [0.25, 0.3) is 0 Å². The highest BCUT2D eigenvalue weighted by Crippen LogP contribution is 2.30. The Morgan fingerprint density at radius 2 is 1.58 bits per heavy atom. The molecule has 24 heavy (non-hydrogen) atoms. The van der Waals surface area contributed by atoms with Gasteiger partial charge in [-0.25, -0.2) is 4.90 Å². The van der Waals surface area contributed by atoms with Gasteiger partial charge in [0.2, 0.25) is 0 Å². The van der Waals surface area contributed by atoms with Crippen molar-refractivity contribution in [2.45, 2.75) is 0 Å². The normalized spacial score (nSPS) is 13.0. The number of anilines is 2. The molecule has 0 spiro atoms. The fraction of sp³-hybridized carbons (Fsp3) is 0.167. The van der Waals surface area contributed by atoms with Gasteiger partial charge in [-0.3, -0.25) is 14.4 Å². The minimum Gasteiger partial charge on any atom is -0.378 e. The lowest BCUT2D eigenvalue weighted by atomic mass is 10.1. The van der Waals surface area contributed by atoms with Gasteiger partial charge in [-0.1, -0.05) is 0 Å². The average Bonchev–Trinajstić information content (AvgIpc) is 2.85. The summed E-state index contributed by atoms with van der Waals surface area (Å²) in [7, 11) is 5.34. The summed E-state index contributed by atoms with van der Waals surface area (Å²) in [6.45, 7) is 0. The molecule has 1 N–H and O–H groups in total. The van der Waals surface area contributed by atoms with Crippen LogP contribution in [-0.4, -0.2) is 38.9 Å². The first-order valence-electron chi connectivity index (χ1n) is 7.46. The lowest BCUT2D eigenvalue weighted by Gasteiger charge is -2.16. The Balaban J connectivity index is 1.99. The van der Waals surface area contributed by atoms with Gasteiger partial charge >= 0.3 is 0 Å². The van der Waals surface area contributed by atoms with Gasteiger partial charge in [0.05, 0.1) is 16.8 Å². The first kappa shape index (κ1) is 15.7. The number of hydrogen-bond acceptors (Lipinski definition) is 4. The number of amides is 3. The topological polar surface area (TPSA) is 69.7 Å². The van der Waals surface area contributed by atoms with Gasteiger partial charge in [0.15, 0.2) is 0 Å². The van der Waals surface area contributed by atoms with E-state index in [-0.39, 0.29) is 17.4 Å². The number of carbonyl (C=O) groups excluding carboxylic acids is 3. The summed E-state index contributed by atoms with van der Waals surface area (Å²) >= 11 is 0. The molecule has 122 valence electrons. The molecular weight excluding hydrogens is 306 g/mol. The highest BCUT2D eigenvalue weighted by atomic mass is 16.2. The summed E-state index contributed by atoms with van der Waals surface area (Å²) in [4.78, 5) is 40.0. The molecule has 2 aromatic rings. The minimum absolute atomic E-state index is 0.248. The van der Waals surface area contributed by atoms with E-state index in [1.165, 1.54) is 19.2 Å². The summed E-state index contributed by atoms with van der Waals surface area (Å²) in [6, 6.07) is 11.7. The van der Waals surface area contributed by atoms with Crippen molar-refractivity contribution in [2.75, 3.05) is 30.9 Å². The van der Waals surface area contributed by atoms with Crippen molar-refractivity contribution in [1.82, 2.24) is 5.32 Å². The molecular formula is C18H17N3O3. The maximum absolute atomic E-state index is 12.7. The molecule has 1 aliphatic rings. The van der Waals surface area contributed by atoms with Crippen molar-refractivity contribution in [3.63, 3.8) is 0 Å². The van der Waals surface area contributed by atoms with Crippen molar-refractivity contribution in [3.05, 3.63) is 59.2 Å². The lowest BCUT2D eigenvalue weighted by Crippen LogP contribution is -2.29. The Morgan fingerprint density at radius 3 is 2.17 bits per heavy atom. The number of imide groups is 1. The predicted molar refractivity (Wildman–Crippen MR) is 91.7 cm³/mol. The van der Waals surface area contributed by atoms with Crippen molar-refractivity contribution >= 4 is 29.1 Å². The molecule has 6 heteroatoms. The zero-order valence-electron chi connectivity index (χ0n) is 13.7. The van der Waals surface area contributed by atoms with Crippen LogP contribution < -0.4 is 15.1 Å². The second-order valence-corrected chi connectivity index (χ2v) is 5.70. The van der Waals surface area contributed by atoms with Gasteiger partial charge in [-0.15, -0.1) is 0 Å². The van der Waals surface area contributed by atoms with Gasteiger partial charge in [-0.2, -0.15) is 0 Å². The van der Waals surface area contributed by atoms with E-state index in [1.54, 1.807) is 18.2 Å². The van der Waals surface area contributed by atoms with E-state index in [4.69, 9.17) is 0 Å². The van der Waals surface area contributed by atoms with E-state index < -0.39 is 5.91 Å². The molecule has 0 bridgehead atoms. The number of carbonyl (C=O) groups is 3. The van der Waals surface area contributed by atoms with Crippen LogP contribution in [-0.2, 0) is 0 Å². The Kier molecular flexibility index (Phi) is 3.81. The standard InChI is InChI=1S/C18H17N3O3/c1-19-16(22)11-4-9-14-15(10-11)18(24)21(17(14)23)13-7-5-12(6-8-13)20(2)3/h4-10H,1-3H3,(H,19,22). The molecule has 0 unspecified atom stereocenters. The molecule has 6 nitrogen and oxygen atoms in total. The zero-order chi connectivity index (χ0) is 17.4. The quantitative estimate of drug-likeness (QED) is 0.876. The number of nitrogens with zero attached hydrogens (tertiary/aromatic N) is 2. The summed E-state index contributed by atoms with van der Waals surface area (Å²) in [5.41, 5.74) is 2.38. The van der Waals surface area contributed by atoms with Gasteiger partial charge in [-0.05, 0) is 42.5 Å². The van der Waals surface area contributed by atoms with E-state index in [2.05, 4.69) is 5.32 Å². The number of rotatable bonds is 3. The van der Waals surface area contributed by atoms with Gasteiger partial charge in [0, 0.05) is 32.4 Å². The fourth-order valence-electron chi connectivity index (χ4n) is 2.66. The van der Waals surface area contributed by atoms with E-state index in [0.29, 0.717) is 16.8 Å². The number of benzene rings is 2. The van der Waals surface area contributed by atoms with Crippen LogP contribution in [0.4, 0.5) is 11.4 Å². The molecule has 3 rings (SSSR count). The van der Waals surface area contributed by atoms with Crippen molar-refractivity contribution in [2.24, 2.45) is 0 Å². The SMILES string of the molecule is CNC(=O)c1ccc2c(c1)C(=O)N(c1ccc(N(C)C)cc1)C2=O. The molecule has 0 aromatic heterocycles. The molecule has 0 saturated heterocycles. The molecule has 1 aliphatic heterocycles. The average molecular weight is 323 g/mol. The smallest absolute Gasteiger partial charge is 0.266 e. The van der Waals surface area contributed by atoms with Crippen LogP contribution in [0.15, 0.2) is 42.5 Å². The lowest BCUT2D eigenvalue weighted by molar-refractivity contribution is 0.0924. The third-order valence-electron chi connectivity index (χ3n) is 4.00. The first-order chi connectivity index (χ1) is 11.4. The predicted octanol–water partition coefficient (Wildman–Crippen LogP) is 1.91. The first-order valence-corrected chi connectivity index (χ1v) is 7.46. The Hall–Kier alpha value is -3.15. The van der Waals surface area contributed by atoms with Gasteiger partial charge in [0.1, 0.15) is 0 Å². The highest BCUT2D eigenvalue weighted by Gasteiger charge is 2.37. The van der Waals surface area contributed by atoms with Gasteiger partial charge < -0.3 is 10.2 Å². The summed E-state index contributed by atoms with van der Waals surface area (Å²) < 4.78 is 0. The van der Waals surface area contributed by atoms with E-state index in [0.717, 1.165) is 10.6 Å². The van der Waals surface area contributed by atoms with Crippen LogP contribution in [0.5, 0.6) is 0 Å². The van der Waals surface area contributed by atoms with Crippen LogP contribution in [0.1, 0.15) is 31.1 Å². The minimum atomic E-state index is -0.418. The van der Waals surface area contributed by atoms with Crippen LogP contribution in [0.3, 0.4) is 0 Å².